The third kappa shape index (κ3) is 3.91. The van der Waals surface area contributed by atoms with Gasteiger partial charge >= 0.3 is 11.7 Å². The van der Waals surface area contributed by atoms with Gasteiger partial charge in [-0.15, -0.1) is 0 Å². The van der Waals surface area contributed by atoms with E-state index in [0.717, 1.165) is 31.4 Å². The van der Waals surface area contributed by atoms with Crippen molar-refractivity contribution in [2.45, 2.75) is 38.4 Å². The molecule has 0 saturated carbocycles. The second kappa shape index (κ2) is 7.48. The molecule has 1 unspecified atom stereocenters. The summed E-state index contributed by atoms with van der Waals surface area (Å²) in [5.41, 5.74) is 1.59. The first kappa shape index (κ1) is 17.1. The van der Waals surface area contributed by atoms with Crippen LogP contribution in [0.5, 0.6) is 0 Å². The summed E-state index contributed by atoms with van der Waals surface area (Å²) in [6.45, 7) is 1.36. The lowest BCUT2D eigenvalue weighted by Gasteiger charge is -2.16. The molecular weight excluding hydrogens is 346 g/mol. The number of fused-ring (bicyclic) bond motifs is 1. The molecule has 0 fully saturated rings. The van der Waals surface area contributed by atoms with Crippen molar-refractivity contribution in [2.75, 3.05) is 5.32 Å². The number of aromatic nitrogens is 5. The number of H-pyrrole nitrogens is 1. The first-order chi connectivity index (χ1) is 13.2. The number of carbonyl (C=O) groups excluding carboxylic acids is 1. The van der Waals surface area contributed by atoms with Gasteiger partial charge in [-0.05, 0) is 37.0 Å². The van der Waals surface area contributed by atoms with Gasteiger partial charge in [0, 0.05) is 31.2 Å². The van der Waals surface area contributed by atoms with Gasteiger partial charge in [-0.1, -0.05) is 12.1 Å². The molecule has 9 heteroatoms. The number of urea groups is 1. The molecule has 140 valence electrons. The molecule has 1 aromatic carbocycles. The molecule has 4 rings (SSSR count). The van der Waals surface area contributed by atoms with Crippen LogP contribution in [0.25, 0.3) is 0 Å². The van der Waals surface area contributed by atoms with Gasteiger partial charge in [-0.2, -0.15) is 5.10 Å². The first-order valence-corrected chi connectivity index (χ1v) is 8.96. The molecule has 3 aromatic rings. The van der Waals surface area contributed by atoms with Crippen LogP contribution in [-0.4, -0.2) is 30.3 Å². The standard InChI is InChI=1S/C18H21N7O2/c26-17(21-15-3-1-2-9-25-16(15)22-23-18(25)27)20-14-6-4-13(5-7-14)11-24-10-8-19-12-24/h4-8,10,12,15H,1-3,9,11H2,(H,23,27)(H2,20,21,26). The van der Waals surface area contributed by atoms with Crippen LogP contribution in [-0.2, 0) is 13.1 Å². The van der Waals surface area contributed by atoms with E-state index in [-0.39, 0.29) is 17.8 Å². The SMILES string of the molecule is O=C(Nc1ccc(Cn2ccnc2)cc1)NC1CCCCn2c1n[nH]c2=O. The lowest BCUT2D eigenvalue weighted by molar-refractivity contribution is 0.247. The molecule has 0 radical (unpaired) electrons. The van der Waals surface area contributed by atoms with Crippen molar-refractivity contribution >= 4 is 11.7 Å². The Morgan fingerprint density at radius 3 is 2.89 bits per heavy atom. The summed E-state index contributed by atoms with van der Waals surface area (Å²) in [6.07, 6.45) is 7.98. The molecule has 0 saturated heterocycles. The van der Waals surface area contributed by atoms with Gasteiger partial charge < -0.3 is 15.2 Å². The molecule has 1 atom stereocenters. The molecule has 2 amide bonds. The minimum atomic E-state index is -0.314. The summed E-state index contributed by atoms with van der Waals surface area (Å²) in [5.74, 6) is 0.586. The van der Waals surface area contributed by atoms with E-state index in [1.54, 1.807) is 17.1 Å². The zero-order valence-corrected chi connectivity index (χ0v) is 14.8. The predicted molar refractivity (Wildman–Crippen MR) is 99.4 cm³/mol. The number of aromatic amines is 1. The Hall–Kier alpha value is -3.36. The fraction of sp³-hybridized carbons (Fsp3) is 0.333. The van der Waals surface area contributed by atoms with Crippen LogP contribution in [0.3, 0.4) is 0 Å². The fourth-order valence-corrected chi connectivity index (χ4v) is 3.31. The normalized spacial score (nSPS) is 16.4. The Kier molecular flexibility index (Phi) is 4.73. The molecule has 0 bridgehead atoms. The van der Waals surface area contributed by atoms with Gasteiger partial charge in [-0.3, -0.25) is 4.57 Å². The second-order valence-electron chi connectivity index (χ2n) is 6.62. The highest BCUT2D eigenvalue weighted by Crippen LogP contribution is 2.21. The van der Waals surface area contributed by atoms with E-state index in [1.807, 2.05) is 35.0 Å². The first-order valence-electron chi connectivity index (χ1n) is 8.96. The minimum absolute atomic E-state index is 0.229. The summed E-state index contributed by atoms with van der Waals surface area (Å²) in [5, 5.41) is 12.3. The number of carbonyl (C=O) groups is 1. The lowest BCUT2D eigenvalue weighted by atomic mass is 10.1. The molecule has 0 aliphatic carbocycles. The van der Waals surface area contributed by atoms with Crippen LogP contribution in [0, 0.1) is 0 Å². The summed E-state index contributed by atoms with van der Waals surface area (Å²) in [6, 6.07) is 7.06. The van der Waals surface area contributed by atoms with Crippen molar-refractivity contribution in [2.24, 2.45) is 0 Å². The number of benzene rings is 1. The Morgan fingerprint density at radius 2 is 2.11 bits per heavy atom. The third-order valence-corrected chi connectivity index (χ3v) is 4.67. The van der Waals surface area contributed by atoms with Gasteiger partial charge in [0.05, 0.1) is 12.4 Å². The van der Waals surface area contributed by atoms with Crippen LogP contribution in [0.1, 0.15) is 36.7 Å². The monoisotopic (exact) mass is 367 g/mol. The number of nitrogens with one attached hydrogen (secondary N) is 3. The van der Waals surface area contributed by atoms with Gasteiger partial charge in [0.25, 0.3) is 0 Å². The van der Waals surface area contributed by atoms with Crippen molar-refractivity contribution in [1.82, 2.24) is 29.6 Å². The summed E-state index contributed by atoms with van der Waals surface area (Å²) in [4.78, 5) is 28.2. The van der Waals surface area contributed by atoms with Crippen molar-refractivity contribution < 1.29 is 4.79 Å². The minimum Gasteiger partial charge on any atom is -0.333 e. The Morgan fingerprint density at radius 1 is 1.26 bits per heavy atom. The molecule has 2 aromatic heterocycles. The van der Waals surface area contributed by atoms with Crippen molar-refractivity contribution in [1.29, 1.82) is 0 Å². The van der Waals surface area contributed by atoms with Crippen molar-refractivity contribution in [3.8, 4) is 0 Å². The van der Waals surface area contributed by atoms with Crippen LogP contribution in [0.4, 0.5) is 10.5 Å². The average molecular weight is 367 g/mol. The van der Waals surface area contributed by atoms with Crippen molar-refractivity contribution in [3.63, 3.8) is 0 Å². The number of imidazole rings is 1. The summed E-state index contributed by atoms with van der Waals surface area (Å²) >= 11 is 0. The Bertz CT molecular complexity index is 957. The van der Waals surface area contributed by atoms with Gasteiger partial charge in [0.1, 0.15) is 0 Å². The number of hydrogen-bond donors (Lipinski definition) is 3. The third-order valence-electron chi connectivity index (χ3n) is 4.67. The molecule has 9 nitrogen and oxygen atoms in total. The highest BCUT2D eigenvalue weighted by Gasteiger charge is 2.24. The highest BCUT2D eigenvalue weighted by molar-refractivity contribution is 5.89. The molecule has 27 heavy (non-hydrogen) atoms. The van der Waals surface area contributed by atoms with E-state index in [4.69, 9.17) is 0 Å². The summed E-state index contributed by atoms with van der Waals surface area (Å²) in [7, 11) is 0. The van der Waals surface area contributed by atoms with E-state index in [9.17, 15) is 9.59 Å². The Balaban J connectivity index is 1.38. The van der Waals surface area contributed by atoms with Crippen molar-refractivity contribution in [3.05, 3.63) is 64.9 Å². The molecule has 1 aliphatic heterocycles. The van der Waals surface area contributed by atoms with E-state index >= 15 is 0 Å². The largest absolute Gasteiger partial charge is 0.343 e. The maximum absolute atomic E-state index is 12.4. The van der Waals surface area contributed by atoms with E-state index in [1.165, 1.54) is 0 Å². The zero-order valence-electron chi connectivity index (χ0n) is 14.8. The lowest BCUT2D eigenvalue weighted by Crippen LogP contribution is -2.34. The number of amides is 2. The van der Waals surface area contributed by atoms with Gasteiger partial charge in [-0.25, -0.2) is 19.7 Å². The van der Waals surface area contributed by atoms with Gasteiger partial charge in [0.15, 0.2) is 5.82 Å². The van der Waals surface area contributed by atoms with Crippen LogP contribution >= 0.6 is 0 Å². The molecule has 3 heterocycles. The molecule has 1 aliphatic rings. The predicted octanol–water partition coefficient (Wildman–Crippen LogP) is 1.86. The summed E-state index contributed by atoms with van der Waals surface area (Å²) < 4.78 is 3.58. The van der Waals surface area contributed by atoms with Crippen LogP contribution in [0.2, 0.25) is 0 Å². The quantitative estimate of drug-likeness (QED) is 0.654. The Labute approximate surface area is 155 Å². The number of rotatable bonds is 4. The number of anilines is 1. The van der Waals surface area contributed by atoms with E-state index in [0.29, 0.717) is 18.1 Å². The molecular formula is C18H21N7O2. The second-order valence-corrected chi connectivity index (χ2v) is 6.62. The van der Waals surface area contributed by atoms with Gasteiger partial charge in [0.2, 0.25) is 0 Å². The fourth-order valence-electron chi connectivity index (χ4n) is 3.31. The average Bonchev–Trinajstić information content (AvgIpc) is 3.24. The smallest absolute Gasteiger partial charge is 0.333 e. The van der Waals surface area contributed by atoms with E-state index in [2.05, 4.69) is 25.8 Å². The maximum Gasteiger partial charge on any atom is 0.343 e. The topological polar surface area (TPSA) is 110 Å². The highest BCUT2D eigenvalue weighted by atomic mass is 16.2. The number of nitrogens with zero attached hydrogens (tertiary/aromatic N) is 4. The van der Waals surface area contributed by atoms with Crippen LogP contribution < -0.4 is 16.3 Å². The number of hydrogen-bond acceptors (Lipinski definition) is 4. The molecule has 0 spiro atoms. The molecule has 3 N–H and O–H groups in total. The maximum atomic E-state index is 12.4. The zero-order chi connectivity index (χ0) is 18.6. The van der Waals surface area contributed by atoms with E-state index < -0.39 is 0 Å². The van der Waals surface area contributed by atoms with Crippen LogP contribution in [0.15, 0.2) is 47.8 Å².